The zero-order chi connectivity index (χ0) is 20.0. The van der Waals surface area contributed by atoms with E-state index < -0.39 is 23.4 Å². The fourth-order valence-electron chi connectivity index (χ4n) is 2.32. The van der Waals surface area contributed by atoms with Crippen molar-refractivity contribution in [3.63, 3.8) is 0 Å². The molecule has 0 fully saturated rings. The predicted octanol–water partition coefficient (Wildman–Crippen LogP) is 5.77. The average Bonchev–Trinajstić information content (AvgIpc) is 2.61. The Labute approximate surface area is 165 Å². The van der Waals surface area contributed by atoms with E-state index >= 15 is 0 Å². The molecule has 3 nitrogen and oxygen atoms in total. The van der Waals surface area contributed by atoms with Crippen LogP contribution in [-0.4, -0.2) is 25.4 Å². The summed E-state index contributed by atoms with van der Waals surface area (Å²) in [4.78, 5) is 13.1. The zero-order valence-corrected chi connectivity index (χ0v) is 16.4. The minimum Gasteiger partial charge on any atom is -0.384 e. The quantitative estimate of drug-likeness (QED) is 0.437. The third kappa shape index (κ3) is 6.16. The van der Waals surface area contributed by atoms with Crippen molar-refractivity contribution in [3.8, 4) is 0 Å². The number of rotatable bonds is 8. The molecule has 27 heavy (non-hydrogen) atoms. The van der Waals surface area contributed by atoms with Gasteiger partial charge in [0.25, 0.3) is 5.91 Å². The van der Waals surface area contributed by atoms with Gasteiger partial charge < -0.3 is 10.1 Å². The van der Waals surface area contributed by atoms with Crippen molar-refractivity contribution in [2.24, 2.45) is 5.92 Å². The highest BCUT2D eigenvalue weighted by atomic mass is 35.5. The summed E-state index contributed by atoms with van der Waals surface area (Å²) in [7, 11) is 1.65. The predicted molar refractivity (Wildman–Crippen MR) is 102 cm³/mol. The van der Waals surface area contributed by atoms with Crippen LogP contribution in [0.2, 0.25) is 5.02 Å². The molecule has 2 aromatic carbocycles. The second-order valence-electron chi connectivity index (χ2n) is 6.05. The first-order valence-electron chi connectivity index (χ1n) is 8.19. The normalized spacial score (nSPS) is 12.1. The lowest BCUT2D eigenvalue weighted by atomic mass is 10.1. The topological polar surface area (TPSA) is 38.3 Å². The number of benzene rings is 2. The SMILES string of the molecule is COCC(C)CCSc1cc(C(=O)Nc2cc(F)c(F)c(F)c2)ccc1Cl. The van der Waals surface area contributed by atoms with Crippen molar-refractivity contribution in [1.29, 1.82) is 0 Å². The maximum absolute atomic E-state index is 13.3. The molecule has 1 amide bonds. The maximum atomic E-state index is 13.3. The number of thioether (sulfide) groups is 1. The molecule has 0 aliphatic heterocycles. The van der Waals surface area contributed by atoms with Gasteiger partial charge >= 0.3 is 0 Å². The number of ether oxygens (including phenoxy) is 1. The third-order valence-electron chi connectivity index (χ3n) is 3.75. The number of hydrogen-bond donors (Lipinski definition) is 1. The van der Waals surface area contributed by atoms with Gasteiger partial charge in [0.05, 0.1) is 5.02 Å². The lowest BCUT2D eigenvalue weighted by molar-refractivity contribution is 0.102. The van der Waals surface area contributed by atoms with E-state index in [1.54, 1.807) is 19.2 Å². The highest BCUT2D eigenvalue weighted by molar-refractivity contribution is 7.99. The lowest BCUT2D eigenvalue weighted by Gasteiger charge is -2.11. The molecule has 0 aromatic heterocycles. The fraction of sp³-hybridized carbons (Fsp3) is 0.316. The highest BCUT2D eigenvalue weighted by Gasteiger charge is 2.14. The summed E-state index contributed by atoms with van der Waals surface area (Å²) in [6.45, 7) is 2.75. The number of amides is 1. The number of halogens is 4. The van der Waals surface area contributed by atoms with Crippen LogP contribution in [0.3, 0.4) is 0 Å². The van der Waals surface area contributed by atoms with Gasteiger partial charge in [-0.05, 0) is 36.3 Å². The smallest absolute Gasteiger partial charge is 0.255 e. The molecule has 1 unspecified atom stereocenters. The molecule has 0 spiro atoms. The zero-order valence-electron chi connectivity index (χ0n) is 14.8. The Balaban J connectivity index is 2.06. The summed E-state index contributed by atoms with van der Waals surface area (Å²) in [5, 5.41) is 2.86. The average molecular weight is 418 g/mol. The molecule has 146 valence electrons. The largest absolute Gasteiger partial charge is 0.384 e. The second kappa shape index (κ2) is 10.0. The van der Waals surface area contributed by atoms with E-state index in [0.717, 1.165) is 29.2 Å². The van der Waals surface area contributed by atoms with Crippen molar-refractivity contribution in [2.45, 2.75) is 18.2 Å². The summed E-state index contributed by atoms with van der Waals surface area (Å²) in [6, 6.07) is 6.15. The molecule has 1 atom stereocenters. The highest BCUT2D eigenvalue weighted by Crippen LogP contribution is 2.30. The Hall–Kier alpha value is -1.70. The molecule has 1 N–H and O–H groups in total. The van der Waals surface area contributed by atoms with Crippen LogP contribution in [0.5, 0.6) is 0 Å². The van der Waals surface area contributed by atoms with Gasteiger partial charge in [-0.25, -0.2) is 13.2 Å². The molecular weight excluding hydrogens is 399 g/mol. The van der Waals surface area contributed by atoms with E-state index in [0.29, 0.717) is 17.5 Å². The summed E-state index contributed by atoms with van der Waals surface area (Å²) >= 11 is 7.69. The Bertz CT molecular complexity index is 797. The van der Waals surface area contributed by atoms with Gasteiger partial charge in [-0.15, -0.1) is 11.8 Å². The monoisotopic (exact) mass is 417 g/mol. The van der Waals surface area contributed by atoms with Crippen molar-refractivity contribution in [2.75, 3.05) is 24.8 Å². The van der Waals surface area contributed by atoms with Crippen LogP contribution in [-0.2, 0) is 4.74 Å². The lowest BCUT2D eigenvalue weighted by Crippen LogP contribution is -2.13. The van der Waals surface area contributed by atoms with Crippen molar-refractivity contribution in [1.82, 2.24) is 0 Å². The minimum absolute atomic E-state index is 0.172. The summed E-state index contributed by atoms with van der Waals surface area (Å²) < 4.78 is 44.6. The fourth-order valence-corrected chi connectivity index (χ4v) is 3.76. The summed E-state index contributed by atoms with van der Waals surface area (Å²) in [5.74, 6) is -3.71. The van der Waals surface area contributed by atoms with Crippen molar-refractivity contribution < 1.29 is 22.7 Å². The van der Waals surface area contributed by atoms with Crippen LogP contribution < -0.4 is 5.32 Å². The van der Waals surface area contributed by atoms with Crippen molar-refractivity contribution >= 4 is 35.0 Å². The number of carbonyl (C=O) groups excluding carboxylic acids is 1. The molecule has 2 rings (SSSR count). The third-order valence-corrected chi connectivity index (χ3v) is 5.28. The molecule has 0 heterocycles. The molecule has 0 bridgehead atoms. The van der Waals surface area contributed by atoms with Gasteiger partial charge in [0.1, 0.15) is 0 Å². The van der Waals surface area contributed by atoms with E-state index in [2.05, 4.69) is 12.2 Å². The number of carbonyl (C=O) groups is 1. The first-order valence-corrected chi connectivity index (χ1v) is 9.55. The van der Waals surface area contributed by atoms with Gasteiger partial charge in [0, 0.05) is 42.0 Å². The molecular formula is C19H19ClF3NO2S. The summed E-state index contributed by atoms with van der Waals surface area (Å²) in [5.41, 5.74) is 0.103. The van der Waals surface area contributed by atoms with E-state index in [1.165, 1.54) is 17.8 Å². The maximum Gasteiger partial charge on any atom is 0.255 e. The molecule has 8 heteroatoms. The van der Waals surface area contributed by atoms with Crippen LogP contribution in [0.4, 0.5) is 18.9 Å². The van der Waals surface area contributed by atoms with Gasteiger partial charge in [-0.1, -0.05) is 18.5 Å². The Morgan fingerprint density at radius 1 is 1.22 bits per heavy atom. The second-order valence-corrected chi connectivity index (χ2v) is 7.59. The molecule has 0 aliphatic rings. The Kier molecular flexibility index (Phi) is 8.01. The Morgan fingerprint density at radius 2 is 1.89 bits per heavy atom. The standard InChI is InChI=1S/C19H19ClF3NO2S/c1-11(10-26-2)5-6-27-17-7-12(3-4-14(17)20)19(25)24-13-8-15(21)18(23)16(22)9-13/h3-4,7-9,11H,5-6,10H2,1-2H3,(H,24,25). The number of anilines is 1. The first-order chi connectivity index (χ1) is 12.8. The Morgan fingerprint density at radius 3 is 2.52 bits per heavy atom. The number of methoxy groups -OCH3 is 1. The van der Waals surface area contributed by atoms with Crippen LogP contribution in [0.25, 0.3) is 0 Å². The van der Waals surface area contributed by atoms with E-state index in [9.17, 15) is 18.0 Å². The van der Waals surface area contributed by atoms with E-state index in [-0.39, 0.29) is 11.3 Å². The van der Waals surface area contributed by atoms with E-state index in [1.807, 2.05) is 0 Å². The van der Waals surface area contributed by atoms with Gasteiger partial charge in [-0.3, -0.25) is 4.79 Å². The molecule has 0 saturated heterocycles. The van der Waals surface area contributed by atoms with E-state index in [4.69, 9.17) is 16.3 Å². The van der Waals surface area contributed by atoms with Crippen LogP contribution >= 0.6 is 23.4 Å². The van der Waals surface area contributed by atoms with Crippen LogP contribution in [0, 0.1) is 23.4 Å². The summed E-state index contributed by atoms with van der Waals surface area (Å²) in [6.07, 6.45) is 0.916. The minimum atomic E-state index is -1.58. The van der Waals surface area contributed by atoms with Gasteiger partial charge in [0.15, 0.2) is 17.5 Å². The number of hydrogen-bond acceptors (Lipinski definition) is 3. The van der Waals surface area contributed by atoms with Crippen LogP contribution in [0.1, 0.15) is 23.7 Å². The van der Waals surface area contributed by atoms with Gasteiger partial charge in [0.2, 0.25) is 0 Å². The number of nitrogens with one attached hydrogen (secondary N) is 1. The van der Waals surface area contributed by atoms with Crippen molar-refractivity contribution in [3.05, 3.63) is 58.4 Å². The molecule has 0 radical (unpaired) electrons. The molecule has 0 saturated carbocycles. The molecule has 2 aromatic rings. The van der Waals surface area contributed by atoms with Crippen LogP contribution in [0.15, 0.2) is 35.2 Å². The molecule has 0 aliphatic carbocycles. The first kappa shape index (κ1) is 21.6. The van der Waals surface area contributed by atoms with Gasteiger partial charge in [-0.2, -0.15) is 0 Å².